The van der Waals surface area contributed by atoms with Crippen LogP contribution in [-0.4, -0.2) is 30.3 Å². The van der Waals surface area contributed by atoms with E-state index < -0.39 is 11.8 Å². The van der Waals surface area contributed by atoms with Crippen LogP contribution in [0.4, 0.5) is 0 Å². The van der Waals surface area contributed by atoms with Crippen molar-refractivity contribution in [3.63, 3.8) is 0 Å². The van der Waals surface area contributed by atoms with Gasteiger partial charge < -0.3 is 5.73 Å². The summed E-state index contributed by atoms with van der Waals surface area (Å²) in [6.45, 7) is 14.7. The minimum atomic E-state index is -0.661. The van der Waals surface area contributed by atoms with Crippen molar-refractivity contribution in [3.8, 4) is 0 Å². The maximum atomic E-state index is 6.67. The van der Waals surface area contributed by atoms with Gasteiger partial charge in [-0.2, -0.15) is 15.8 Å². The second kappa shape index (κ2) is 10.5. The fourth-order valence-electron chi connectivity index (χ4n) is 3.49. The van der Waals surface area contributed by atoms with E-state index in [-0.39, 0.29) is 16.9 Å². The summed E-state index contributed by atoms with van der Waals surface area (Å²) in [6.07, 6.45) is 4.00. The number of hydrogen-bond donors (Lipinski definition) is 4. The highest BCUT2D eigenvalue weighted by Gasteiger charge is 2.43. The van der Waals surface area contributed by atoms with E-state index in [1.54, 1.807) is 7.05 Å². The molecule has 0 aliphatic carbocycles. The Morgan fingerprint density at radius 3 is 2.18 bits per heavy atom. The first-order valence-corrected chi connectivity index (χ1v) is 10.4. The van der Waals surface area contributed by atoms with Crippen LogP contribution in [0.25, 0.3) is 0 Å². The van der Waals surface area contributed by atoms with E-state index in [2.05, 4.69) is 66.6 Å². The molecule has 2 unspecified atom stereocenters. The average Bonchev–Trinajstić information content (AvgIpc) is 2.65. The van der Waals surface area contributed by atoms with Gasteiger partial charge in [-0.1, -0.05) is 47.5 Å². The van der Waals surface area contributed by atoms with Crippen molar-refractivity contribution in [3.05, 3.63) is 0 Å². The van der Waals surface area contributed by atoms with Gasteiger partial charge in [0.25, 0.3) is 0 Å². The lowest BCUT2D eigenvalue weighted by Crippen LogP contribution is -2.55. The zero-order valence-electron chi connectivity index (χ0n) is 18.9. The molecule has 0 bridgehead atoms. The fourth-order valence-corrected chi connectivity index (χ4v) is 3.49. The van der Waals surface area contributed by atoms with Crippen molar-refractivity contribution >= 4 is 5.84 Å². The van der Waals surface area contributed by atoms with E-state index in [0.29, 0.717) is 5.84 Å². The summed E-state index contributed by atoms with van der Waals surface area (Å²) in [5, 5.41) is 12.3. The Hall–Kier alpha value is -1.29. The Morgan fingerprint density at radius 1 is 1.07 bits per heavy atom. The molecule has 0 fully saturated rings. The smallest absolute Gasteiger partial charge is 0.210 e. The van der Waals surface area contributed by atoms with Gasteiger partial charge in [0.15, 0.2) is 5.84 Å². The number of azo groups is 1. The second-order valence-corrected chi connectivity index (χ2v) is 8.48. The summed E-state index contributed by atoms with van der Waals surface area (Å²) >= 11 is 0. The average molecular weight is 400 g/mol. The van der Waals surface area contributed by atoms with Crippen molar-refractivity contribution < 1.29 is 9.68 Å². The standard InChI is InChI=1S/C19H41N7O2/c1-9-18(7,10-2)14(13-19(20,11-3)12-4)15-27-25-22-16(23-26-28-15)17(5,6)24-21-8/h14-15,25-26H,9-13,20H2,1-8H3,(H,22,23). The molecule has 2 atom stereocenters. The molecule has 1 aliphatic rings. The lowest BCUT2D eigenvalue weighted by molar-refractivity contribution is -0.263. The normalized spacial score (nSPS) is 20.8. The van der Waals surface area contributed by atoms with E-state index in [1.165, 1.54) is 0 Å². The summed E-state index contributed by atoms with van der Waals surface area (Å²) < 4.78 is 0. The molecule has 0 amide bonds. The molecule has 0 radical (unpaired) electrons. The molecule has 1 rings (SSSR count). The molecular formula is C19H41N7O2. The van der Waals surface area contributed by atoms with Crippen LogP contribution >= 0.6 is 0 Å². The SMILES string of the molecule is CCC(N)(CC)CC(C1ONN=C(C(C)(C)N=NC)NNO1)C(C)(CC)CC. The van der Waals surface area contributed by atoms with Gasteiger partial charge in [-0.25, -0.2) is 9.68 Å². The monoisotopic (exact) mass is 399 g/mol. The maximum absolute atomic E-state index is 6.67. The summed E-state index contributed by atoms with van der Waals surface area (Å²) in [6, 6.07) is 0. The highest BCUT2D eigenvalue weighted by Crippen LogP contribution is 2.43. The third-order valence-corrected chi connectivity index (χ3v) is 6.47. The number of rotatable bonds is 10. The van der Waals surface area contributed by atoms with Crippen molar-refractivity contribution in [2.24, 2.45) is 32.4 Å². The Bertz CT molecular complexity index is 528. The third kappa shape index (κ3) is 6.10. The summed E-state index contributed by atoms with van der Waals surface area (Å²) in [5.41, 5.74) is 14.2. The third-order valence-electron chi connectivity index (χ3n) is 6.47. The van der Waals surface area contributed by atoms with Crippen LogP contribution in [0.1, 0.15) is 80.6 Å². The van der Waals surface area contributed by atoms with Crippen LogP contribution in [0, 0.1) is 11.3 Å². The molecule has 0 aromatic carbocycles. The van der Waals surface area contributed by atoms with E-state index in [0.717, 1.165) is 32.1 Å². The molecule has 1 aliphatic heterocycles. The molecule has 0 saturated heterocycles. The van der Waals surface area contributed by atoms with Crippen LogP contribution in [0.15, 0.2) is 15.3 Å². The predicted octanol–water partition coefficient (Wildman–Crippen LogP) is 3.40. The lowest BCUT2D eigenvalue weighted by atomic mass is 9.67. The highest BCUT2D eigenvalue weighted by molar-refractivity contribution is 5.90. The first kappa shape index (κ1) is 24.7. The first-order valence-electron chi connectivity index (χ1n) is 10.4. The van der Waals surface area contributed by atoms with Gasteiger partial charge in [0.1, 0.15) is 5.54 Å². The van der Waals surface area contributed by atoms with Gasteiger partial charge in [0.2, 0.25) is 6.29 Å². The van der Waals surface area contributed by atoms with Crippen LogP contribution in [0.3, 0.4) is 0 Å². The van der Waals surface area contributed by atoms with Crippen molar-refractivity contribution in [2.75, 3.05) is 7.05 Å². The van der Waals surface area contributed by atoms with Crippen LogP contribution in [0.5, 0.6) is 0 Å². The molecule has 1 heterocycles. The Balaban J connectivity index is 3.08. The van der Waals surface area contributed by atoms with Crippen LogP contribution in [0.2, 0.25) is 0 Å². The molecule has 0 aromatic rings. The maximum Gasteiger partial charge on any atom is 0.210 e. The van der Waals surface area contributed by atoms with Gasteiger partial charge in [0.05, 0.1) is 0 Å². The quantitative estimate of drug-likeness (QED) is 0.418. The molecule has 28 heavy (non-hydrogen) atoms. The number of nitrogens with zero attached hydrogens (tertiary/aromatic N) is 3. The Labute approximate surface area is 170 Å². The van der Waals surface area contributed by atoms with Gasteiger partial charge in [0, 0.05) is 18.5 Å². The molecule has 0 saturated carbocycles. The second-order valence-electron chi connectivity index (χ2n) is 8.48. The van der Waals surface area contributed by atoms with Crippen molar-refractivity contribution in [1.82, 2.24) is 16.6 Å². The van der Waals surface area contributed by atoms with Gasteiger partial charge >= 0.3 is 0 Å². The van der Waals surface area contributed by atoms with E-state index in [9.17, 15) is 0 Å². The molecule has 9 nitrogen and oxygen atoms in total. The molecule has 9 heteroatoms. The van der Waals surface area contributed by atoms with Crippen molar-refractivity contribution in [1.29, 1.82) is 0 Å². The molecule has 164 valence electrons. The minimum absolute atomic E-state index is 0.00439. The van der Waals surface area contributed by atoms with Crippen LogP contribution < -0.4 is 22.3 Å². The number of hydrazone groups is 1. The van der Waals surface area contributed by atoms with E-state index in [1.807, 2.05) is 13.8 Å². The summed E-state index contributed by atoms with van der Waals surface area (Å²) in [7, 11) is 1.62. The predicted molar refractivity (Wildman–Crippen MR) is 112 cm³/mol. The minimum Gasteiger partial charge on any atom is -0.325 e. The number of hydrazine groups is 1. The summed E-state index contributed by atoms with van der Waals surface area (Å²) in [5.74, 6) is 0.562. The van der Waals surface area contributed by atoms with E-state index in [4.69, 9.17) is 15.4 Å². The zero-order chi connectivity index (χ0) is 21.4. The zero-order valence-corrected chi connectivity index (χ0v) is 18.9. The number of nitrogens with one attached hydrogen (secondary N) is 3. The summed E-state index contributed by atoms with van der Waals surface area (Å²) in [4.78, 5) is 11.7. The largest absolute Gasteiger partial charge is 0.325 e. The molecule has 5 N–H and O–H groups in total. The number of nitrogens with two attached hydrogens (primary N) is 1. The molecule has 0 spiro atoms. The number of amidine groups is 1. The van der Waals surface area contributed by atoms with Crippen molar-refractivity contribution in [2.45, 2.75) is 97.9 Å². The Morgan fingerprint density at radius 2 is 1.68 bits per heavy atom. The van der Waals surface area contributed by atoms with Gasteiger partial charge in [-0.05, 0) is 38.5 Å². The molecular weight excluding hydrogens is 358 g/mol. The van der Waals surface area contributed by atoms with Gasteiger partial charge in [-0.15, -0.1) is 10.7 Å². The molecule has 0 aromatic heterocycles. The van der Waals surface area contributed by atoms with Gasteiger partial charge in [-0.3, -0.25) is 5.43 Å². The number of hydrogen-bond acceptors (Lipinski definition) is 9. The van der Waals surface area contributed by atoms with Crippen LogP contribution in [-0.2, 0) is 9.68 Å². The topological polar surface area (TPSA) is 118 Å². The van der Waals surface area contributed by atoms with E-state index >= 15 is 0 Å². The highest BCUT2D eigenvalue weighted by atomic mass is 16.8. The fraction of sp³-hybridized carbons (Fsp3) is 0.947. The first-order chi connectivity index (χ1) is 13.1. The Kier molecular flexibility index (Phi) is 9.26. The lowest BCUT2D eigenvalue weighted by Gasteiger charge is -2.44.